The number of halogens is 1. The summed E-state index contributed by atoms with van der Waals surface area (Å²) >= 11 is 7.50. The number of benzene rings is 2. The van der Waals surface area contributed by atoms with E-state index in [4.69, 9.17) is 25.5 Å². The highest BCUT2D eigenvalue weighted by molar-refractivity contribution is 7.07. The fourth-order valence-corrected chi connectivity index (χ4v) is 5.61. The number of fused-ring (bicyclic) bond motifs is 1. The Morgan fingerprint density at radius 2 is 1.87 bits per heavy atom. The Kier molecular flexibility index (Phi) is 7.36. The summed E-state index contributed by atoms with van der Waals surface area (Å²) in [6.45, 7) is 4.91. The van der Waals surface area contributed by atoms with Crippen LogP contribution in [0.4, 0.5) is 0 Å². The first-order chi connectivity index (χ1) is 18.8. The third kappa shape index (κ3) is 5.23. The second-order valence-electron chi connectivity index (χ2n) is 8.65. The first kappa shape index (κ1) is 26.4. The Hall–Kier alpha value is -4.21. The van der Waals surface area contributed by atoms with Gasteiger partial charge < -0.3 is 13.9 Å². The van der Waals surface area contributed by atoms with Crippen molar-refractivity contribution in [2.45, 2.75) is 26.8 Å². The summed E-state index contributed by atoms with van der Waals surface area (Å²) in [5, 5.41) is 0.555. The minimum atomic E-state index is -0.788. The maximum atomic E-state index is 13.8. The number of carbonyl (C=O) groups is 2. The van der Waals surface area contributed by atoms with Crippen LogP contribution in [0.5, 0.6) is 5.75 Å². The van der Waals surface area contributed by atoms with Gasteiger partial charge in [-0.15, -0.1) is 0 Å². The number of rotatable bonds is 6. The Balaban J connectivity index is 1.62. The molecule has 1 aliphatic heterocycles. The molecule has 1 aliphatic rings. The summed E-state index contributed by atoms with van der Waals surface area (Å²) in [4.78, 5) is 43.1. The molecule has 3 heterocycles. The zero-order chi connectivity index (χ0) is 27.7. The minimum absolute atomic E-state index is 0.171. The average molecular weight is 563 g/mol. The summed E-state index contributed by atoms with van der Waals surface area (Å²) in [6, 6.07) is 16.7. The number of hydrogen-bond donors (Lipinski definition) is 0. The molecule has 2 aromatic heterocycles. The zero-order valence-corrected chi connectivity index (χ0v) is 22.8. The van der Waals surface area contributed by atoms with E-state index in [0.717, 1.165) is 5.56 Å². The molecule has 0 aliphatic carbocycles. The summed E-state index contributed by atoms with van der Waals surface area (Å²) in [6.07, 6.45) is 1.65. The second-order valence-corrected chi connectivity index (χ2v) is 10.1. The summed E-state index contributed by atoms with van der Waals surface area (Å²) in [5.41, 5.74) is 1.75. The third-order valence-electron chi connectivity index (χ3n) is 6.01. The van der Waals surface area contributed by atoms with Crippen LogP contribution >= 0.6 is 22.9 Å². The standard InChI is InChI=1S/C29H23ClN2O6S/c1-4-36-28(35)25-16(2)31-29-32(26(25)18-9-11-19(12-10-18)37-17(3)33)27(34)24(39-29)15-20-13-14-23(38-20)21-7-5-6-8-22(21)30/h5-15,26H,4H2,1-3H3/b24-15+/t26-/m0/s1. The largest absolute Gasteiger partial charge is 0.463 e. The van der Waals surface area contributed by atoms with Gasteiger partial charge in [0.2, 0.25) is 0 Å². The Labute approximate surface area is 232 Å². The minimum Gasteiger partial charge on any atom is -0.463 e. The van der Waals surface area contributed by atoms with E-state index in [1.807, 2.05) is 18.2 Å². The van der Waals surface area contributed by atoms with Gasteiger partial charge in [0.25, 0.3) is 5.56 Å². The lowest BCUT2D eigenvalue weighted by Gasteiger charge is -2.24. The number of ether oxygens (including phenoxy) is 2. The third-order valence-corrected chi connectivity index (χ3v) is 7.33. The van der Waals surface area contributed by atoms with Gasteiger partial charge in [0.15, 0.2) is 4.80 Å². The van der Waals surface area contributed by atoms with E-state index < -0.39 is 18.0 Å². The van der Waals surface area contributed by atoms with Gasteiger partial charge in [0.1, 0.15) is 17.3 Å². The predicted octanol–water partition coefficient (Wildman–Crippen LogP) is 4.64. The van der Waals surface area contributed by atoms with Crippen molar-refractivity contribution in [2.24, 2.45) is 4.99 Å². The van der Waals surface area contributed by atoms with Crippen LogP contribution in [0, 0.1) is 0 Å². The van der Waals surface area contributed by atoms with E-state index in [-0.39, 0.29) is 17.7 Å². The van der Waals surface area contributed by atoms with Crippen LogP contribution in [-0.4, -0.2) is 23.1 Å². The number of carbonyl (C=O) groups excluding carboxylic acids is 2. The summed E-state index contributed by atoms with van der Waals surface area (Å²) in [7, 11) is 0. The molecule has 0 unspecified atom stereocenters. The number of nitrogens with zero attached hydrogens (tertiary/aromatic N) is 2. The van der Waals surface area contributed by atoms with E-state index in [2.05, 4.69) is 4.99 Å². The molecule has 39 heavy (non-hydrogen) atoms. The molecule has 10 heteroatoms. The summed E-state index contributed by atoms with van der Waals surface area (Å²) < 4.78 is 18.3. The van der Waals surface area contributed by atoms with Gasteiger partial charge in [-0.2, -0.15) is 0 Å². The number of thiazole rings is 1. The van der Waals surface area contributed by atoms with Crippen LogP contribution in [0.3, 0.4) is 0 Å². The monoisotopic (exact) mass is 562 g/mol. The van der Waals surface area contributed by atoms with Gasteiger partial charge in [-0.3, -0.25) is 14.2 Å². The highest BCUT2D eigenvalue weighted by Gasteiger charge is 2.33. The van der Waals surface area contributed by atoms with Crippen molar-refractivity contribution >= 4 is 41.0 Å². The van der Waals surface area contributed by atoms with Crippen molar-refractivity contribution in [1.82, 2.24) is 4.57 Å². The normalized spacial score (nSPS) is 15.1. The zero-order valence-electron chi connectivity index (χ0n) is 21.3. The van der Waals surface area contributed by atoms with E-state index in [1.165, 1.54) is 22.8 Å². The van der Waals surface area contributed by atoms with Crippen molar-refractivity contribution in [1.29, 1.82) is 0 Å². The molecule has 2 aromatic carbocycles. The van der Waals surface area contributed by atoms with Gasteiger partial charge in [-0.05, 0) is 55.8 Å². The molecular formula is C29H23ClN2O6S. The fourth-order valence-electron chi connectivity index (χ4n) is 4.36. The average Bonchev–Trinajstić information content (AvgIpc) is 3.48. The SMILES string of the molecule is CCOC(=O)C1=C(C)N=c2s/c(=C/c3ccc(-c4ccccc4Cl)o3)c(=O)n2[C@H]1c1ccc(OC(C)=O)cc1. The highest BCUT2D eigenvalue weighted by atomic mass is 35.5. The van der Waals surface area contributed by atoms with Crippen LogP contribution in [0.1, 0.15) is 38.1 Å². The number of furan rings is 1. The van der Waals surface area contributed by atoms with E-state index >= 15 is 0 Å². The Bertz CT molecular complexity index is 1800. The lowest BCUT2D eigenvalue weighted by molar-refractivity contribution is -0.139. The van der Waals surface area contributed by atoms with Gasteiger partial charge in [0.05, 0.1) is 33.5 Å². The quantitative estimate of drug-likeness (QED) is 0.251. The molecular weight excluding hydrogens is 540 g/mol. The fraction of sp³-hybridized carbons (Fsp3) is 0.172. The smallest absolute Gasteiger partial charge is 0.338 e. The van der Waals surface area contributed by atoms with Crippen LogP contribution in [-0.2, 0) is 14.3 Å². The van der Waals surface area contributed by atoms with Crippen molar-refractivity contribution in [2.75, 3.05) is 6.61 Å². The van der Waals surface area contributed by atoms with Crippen LogP contribution in [0.2, 0.25) is 5.02 Å². The Morgan fingerprint density at radius 3 is 2.56 bits per heavy atom. The molecule has 0 bridgehead atoms. The number of aromatic nitrogens is 1. The first-order valence-electron chi connectivity index (χ1n) is 12.1. The first-order valence-corrected chi connectivity index (χ1v) is 13.3. The molecule has 198 valence electrons. The molecule has 0 fully saturated rings. The molecule has 0 amide bonds. The number of allylic oxidation sites excluding steroid dienone is 1. The van der Waals surface area contributed by atoms with E-state index in [0.29, 0.717) is 42.9 Å². The molecule has 0 saturated carbocycles. The van der Waals surface area contributed by atoms with Crippen molar-refractivity contribution < 1.29 is 23.5 Å². The maximum absolute atomic E-state index is 13.8. The molecule has 4 aromatic rings. The highest BCUT2D eigenvalue weighted by Crippen LogP contribution is 2.32. The van der Waals surface area contributed by atoms with Crippen molar-refractivity contribution in [3.63, 3.8) is 0 Å². The number of hydrogen-bond acceptors (Lipinski definition) is 8. The molecule has 0 radical (unpaired) electrons. The second kappa shape index (κ2) is 10.9. The van der Waals surface area contributed by atoms with E-state index in [9.17, 15) is 14.4 Å². The van der Waals surface area contributed by atoms with Gasteiger partial charge in [-0.25, -0.2) is 9.79 Å². The molecule has 8 nitrogen and oxygen atoms in total. The lowest BCUT2D eigenvalue weighted by atomic mass is 9.96. The molecule has 0 N–H and O–H groups in total. The van der Waals surface area contributed by atoms with Crippen molar-refractivity contribution in [3.05, 3.63) is 108 Å². The van der Waals surface area contributed by atoms with Crippen molar-refractivity contribution in [3.8, 4) is 17.1 Å². The predicted molar refractivity (Wildman–Crippen MR) is 147 cm³/mol. The van der Waals surface area contributed by atoms with Crippen LogP contribution < -0.4 is 19.6 Å². The maximum Gasteiger partial charge on any atom is 0.338 e. The lowest BCUT2D eigenvalue weighted by Crippen LogP contribution is -2.39. The molecule has 5 rings (SSSR count). The van der Waals surface area contributed by atoms with Gasteiger partial charge in [-0.1, -0.05) is 47.2 Å². The van der Waals surface area contributed by atoms with Gasteiger partial charge >= 0.3 is 11.9 Å². The molecule has 1 atom stereocenters. The number of esters is 2. The topological polar surface area (TPSA) is 100 Å². The van der Waals surface area contributed by atoms with Gasteiger partial charge in [0, 0.05) is 18.6 Å². The van der Waals surface area contributed by atoms with E-state index in [1.54, 1.807) is 62.4 Å². The molecule has 0 saturated heterocycles. The Morgan fingerprint density at radius 1 is 1.13 bits per heavy atom. The summed E-state index contributed by atoms with van der Waals surface area (Å²) in [5.74, 6) is 0.389. The van der Waals surface area contributed by atoms with Crippen LogP contribution in [0.15, 0.2) is 86.1 Å². The van der Waals surface area contributed by atoms with Crippen LogP contribution in [0.25, 0.3) is 17.4 Å². The molecule has 0 spiro atoms.